The summed E-state index contributed by atoms with van der Waals surface area (Å²) in [6.07, 6.45) is 5.34. The summed E-state index contributed by atoms with van der Waals surface area (Å²) < 4.78 is 32.9. The Bertz CT molecular complexity index is 1020. The predicted molar refractivity (Wildman–Crippen MR) is 138 cm³/mol. The summed E-state index contributed by atoms with van der Waals surface area (Å²) in [4.78, 5) is 21.8. The molecule has 1 aliphatic heterocycles. The number of anilines is 1. The van der Waals surface area contributed by atoms with Crippen LogP contribution in [-0.4, -0.2) is 74.3 Å². The molecule has 3 heterocycles. The third-order valence-electron chi connectivity index (χ3n) is 7.20. The van der Waals surface area contributed by atoms with Crippen molar-refractivity contribution in [3.63, 3.8) is 0 Å². The summed E-state index contributed by atoms with van der Waals surface area (Å²) >= 11 is 0. The largest absolute Gasteiger partial charge is 0.361 e. The molecule has 2 aromatic heterocycles. The fourth-order valence-electron chi connectivity index (χ4n) is 5.16. The number of rotatable bonds is 10. The van der Waals surface area contributed by atoms with Crippen LogP contribution in [0.5, 0.6) is 0 Å². The van der Waals surface area contributed by atoms with E-state index in [1.807, 2.05) is 17.8 Å². The average molecular weight is 508 g/mol. The van der Waals surface area contributed by atoms with Crippen molar-refractivity contribution in [2.75, 3.05) is 38.3 Å². The van der Waals surface area contributed by atoms with E-state index >= 15 is 0 Å². The van der Waals surface area contributed by atoms with Crippen LogP contribution in [0, 0.1) is 5.92 Å². The number of amides is 1. The molecule has 2 aromatic rings. The van der Waals surface area contributed by atoms with E-state index in [0.717, 1.165) is 55.1 Å². The molecule has 0 aromatic carbocycles. The van der Waals surface area contributed by atoms with Crippen LogP contribution < -0.4 is 10.2 Å². The van der Waals surface area contributed by atoms with Gasteiger partial charge in [0, 0.05) is 45.6 Å². The number of carbonyl (C=O) groups is 1. The zero-order chi connectivity index (χ0) is 25.2. The number of hydrogen-bond acceptors (Lipinski definition) is 5. The minimum Gasteiger partial charge on any atom is -0.361 e. The molecular weight excluding hydrogens is 468 g/mol. The molecule has 7 nitrogen and oxygen atoms in total. The van der Waals surface area contributed by atoms with Crippen molar-refractivity contribution < 1.29 is 18.3 Å². The Morgan fingerprint density at radius 2 is 1.97 bits per heavy atom. The summed E-state index contributed by atoms with van der Waals surface area (Å²) in [5, 5.41) is 3.88. The van der Waals surface area contributed by atoms with Crippen LogP contribution in [0.15, 0.2) is 18.5 Å². The standard InChI is InChI=1S/C25H39F2N5O2Si/c1-30-16-32(19-7-5-18(6-8-19)13-28-15-22(26)27)23-20-9-10-31(17-34-11-12-35(2,3)4)24(20)29-14-21(23)25(30)33/h9-10,14,18-19,22,28H,5-8,11-13,15-17H2,1-4H3. The third-order valence-corrected chi connectivity index (χ3v) is 8.91. The third kappa shape index (κ3) is 6.21. The molecule has 10 heteroatoms. The van der Waals surface area contributed by atoms with Gasteiger partial charge in [0.05, 0.1) is 24.5 Å². The van der Waals surface area contributed by atoms with Crippen molar-refractivity contribution in [1.82, 2.24) is 19.8 Å². The Hall–Kier alpha value is -2.04. The highest BCUT2D eigenvalue weighted by molar-refractivity contribution is 6.76. The van der Waals surface area contributed by atoms with Crippen molar-refractivity contribution >= 4 is 30.7 Å². The second-order valence-corrected chi connectivity index (χ2v) is 16.9. The van der Waals surface area contributed by atoms with Crippen LogP contribution >= 0.6 is 0 Å². The molecule has 0 bridgehead atoms. The molecule has 1 aliphatic carbocycles. The van der Waals surface area contributed by atoms with E-state index in [9.17, 15) is 13.6 Å². The number of halogens is 2. The van der Waals surface area contributed by atoms with E-state index in [2.05, 4.69) is 40.9 Å². The first-order valence-corrected chi connectivity index (χ1v) is 16.4. The summed E-state index contributed by atoms with van der Waals surface area (Å²) in [7, 11) is 0.684. The number of alkyl halides is 2. The van der Waals surface area contributed by atoms with Crippen LogP contribution in [0.25, 0.3) is 11.0 Å². The normalized spacial score (nSPS) is 21.3. The smallest absolute Gasteiger partial charge is 0.258 e. The Labute approximate surface area is 207 Å². The predicted octanol–water partition coefficient (Wildman–Crippen LogP) is 4.61. The minimum atomic E-state index is -2.31. The maximum atomic E-state index is 13.0. The quantitative estimate of drug-likeness (QED) is 0.376. The number of ether oxygens (including phenoxy) is 1. The van der Waals surface area contributed by atoms with Gasteiger partial charge in [-0.3, -0.25) is 4.79 Å². The van der Waals surface area contributed by atoms with Gasteiger partial charge < -0.3 is 24.4 Å². The lowest BCUT2D eigenvalue weighted by atomic mass is 9.84. The van der Waals surface area contributed by atoms with Gasteiger partial charge in [-0.15, -0.1) is 0 Å². The van der Waals surface area contributed by atoms with Gasteiger partial charge in [-0.05, 0) is 50.3 Å². The Morgan fingerprint density at radius 3 is 2.66 bits per heavy atom. The highest BCUT2D eigenvalue weighted by Gasteiger charge is 2.35. The molecule has 2 aliphatic rings. The molecule has 0 saturated heterocycles. The van der Waals surface area contributed by atoms with Crippen molar-refractivity contribution in [1.29, 1.82) is 0 Å². The van der Waals surface area contributed by atoms with Gasteiger partial charge in [-0.1, -0.05) is 19.6 Å². The van der Waals surface area contributed by atoms with Crippen LogP contribution in [0.2, 0.25) is 25.7 Å². The number of pyridine rings is 1. The fourth-order valence-corrected chi connectivity index (χ4v) is 5.92. The van der Waals surface area contributed by atoms with Gasteiger partial charge in [0.15, 0.2) is 0 Å². The lowest BCUT2D eigenvalue weighted by Crippen LogP contribution is -2.50. The SMILES string of the molecule is CN1CN(C2CCC(CNCC(F)F)CC2)c2c(cnc3c2ccn3COCC[Si](C)(C)C)C1=O. The second-order valence-electron chi connectivity index (χ2n) is 11.2. The van der Waals surface area contributed by atoms with Crippen LogP contribution in [0.3, 0.4) is 0 Å². The van der Waals surface area contributed by atoms with E-state index in [4.69, 9.17) is 4.74 Å². The van der Waals surface area contributed by atoms with E-state index < -0.39 is 14.5 Å². The van der Waals surface area contributed by atoms with Crippen molar-refractivity contribution in [3.8, 4) is 0 Å². The van der Waals surface area contributed by atoms with Gasteiger partial charge in [-0.25, -0.2) is 13.8 Å². The average Bonchev–Trinajstić information content (AvgIpc) is 3.22. The van der Waals surface area contributed by atoms with Crippen molar-refractivity contribution in [2.45, 2.75) is 70.6 Å². The van der Waals surface area contributed by atoms with Crippen LogP contribution in [0.1, 0.15) is 36.0 Å². The monoisotopic (exact) mass is 507 g/mol. The number of aromatic nitrogens is 2. The molecule has 4 rings (SSSR count). The summed E-state index contributed by atoms with van der Waals surface area (Å²) in [5.41, 5.74) is 2.45. The number of carbonyl (C=O) groups excluding carboxylic acids is 1. The number of nitrogens with one attached hydrogen (secondary N) is 1. The fraction of sp³-hybridized carbons (Fsp3) is 0.680. The molecule has 1 saturated carbocycles. The maximum absolute atomic E-state index is 13.0. The van der Waals surface area contributed by atoms with Gasteiger partial charge >= 0.3 is 0 Å². The highest BCUT2D eigenvalue weighted by atomic mass is 28.3. The van der Waals surface area contributed by atoms with Gasteiger partial charge in [0.1, 0.15) is 12.4 Å². The Kier molecular flexibility index (Phi) is 8.12. The Balaban J connectivity index is 1.50. The first-order chi connectivity index (χ1) is 16.6. The molecule has 0 unspecified atom stereocenters. The van der Waals surface area contributed by atoms with E-state index in [-0.39, 0.29) is 12.5 Å². The van der Waals surface area contributed by atoms with E-state index in [1.165, 1.54) is 0 Å². The van der Waals surface area contributed by atoms with Crippen molar-refractivity contribution in [3.05, 3.63) is 24.0 Å². The van der Waals surface area contributed by atoms with Gasteiger partial charge in [-0.2, -0.15) is 0 Å². The first-order valence-electron chi connectivity index (χ1n) is 12.7. The summed E-state index contributed by atoms with van der Waals surface area (Å²) in [5.74, 6) is 0.412. The molecule has 1 fully saturated rings. The molecule has 1 N–H and O–H groups in total. The topological polar surface area (TPSA) is 62.6 Å². The van der Waals surface area contributed by atoms with Crippen LogP contribution in [-0.2, 0) is 11.5 Å². The molecule has 0 spiro atoms. The van der Waals surface area contributed by atoms with Crippen LogP contribution in [0.4, 0.5) is 14.5 Å². The number of hydrogen-bond donors (Lipinski definition) is 1. The maximum Gasteiger partial charge on any atom is 0.258 e. The number of fused-ring (bicyclic) bond motifs is 3. The molecule has 0 radical (unpaired) electrons. The first kappa shape index (κ1) is 26.0. The zero-order valence-electron chi connectivity index (χ0n) is 21.4. The molecular formula is C25H39F2N5O2Si. The lowest BCUT2D eigenvalue weighted by Gasteiger charge is -2.44. The lowest BCUT2D eigenvalue weighted by molar-refractivity contribution is 0.0774. The minimum absolute atomic E-state index is 0.00493. The summed E-state index contributed by atoms with van der Waals surface area (Å²) in [6.45, 7) is 9.15. The molecule has 35 heavy (non-hydrogen) atoms. The molecule has 1 amide bonds. The Morgan fingerprint density at radius 1 is 1.23 bits per heavy atom. The zero-order valence-corrected chi connectivity index (χ0v) is 22.4. The summed E-state index contributed by atoms with van der Waals surface area (Å²) in [6, 6.07) is 3.47. The second kappa shape index (κ2) is 10.9. The molecule has 194 valence electrons. The van der Waals surface area contributed by atoms with E-state index in [1.54, 1.807) is 11.1 Å². The van der Waals surface area contributed by atoms with Gasteiger partial charge in [0.25, 0.3) is 12.3 Å². The number of nitrogens with zero attached hydrogens (tertiary/aromatic N) is 4. The highest BCUT2D eigenvalue weighted by Crippen LogP contribution is 2.39. The van der Waals surface area contributed by atoms with E-state index in [0.29, 0.717) is 37.5 Å². The van der Waals surface area contributed by atoms with Gasteiger partial charge in [0.2, 0.25) is 0 Å². The molecule has 0 atom stereocenters. The van der Waals surface area contributed by atoms with Crippen molar-refractivity contribution in [2.24, 2.45) is 5.92 Å².